The average Bonchev–Trinajstić information content (AvgIpc) is 2.53. The molecule has 112 valence electrons. The fraction of sp³-hybridized carbons (Fsp3) is 0.368. The zero-order chi connectivity index (χ0) is 15.2. The fourth-order valence-corrected chi connectivity index (χ4v) is 2.83. The van der Waals surface area contributed by atoms with Gasteiger partial charge in [0.15, 0.2) is 0 Å². The van der Waals surface area contributed by atoms with Gasteiger partial charge in [-0.2, -0.15) is 0 Å². The van der Waals surface area contributed by atoms with E-state index in [0.717, 1.165) is 6.54 Å². The van der Waals surface area contributed by atoms with E-state index >= 15 is 0 Å². The summed E-state index contributed by atoms with van der Waals surface area (Å²) in [4.78, 5) is 2.48. The molecule has 0 saturated heterocycles. The van der Waals surface area contributed by atoms with Gasteiger partial charge < -0.3 is 5.73 Å². The van der Waals surface area contributed by atoms with Crippen molar-refractivity contribution in [1.82, 2.24) is 4.90 Å². The van der Waals surface area contributed by atoms with E-state index in [1.54, 1.807) is 0 Å². The lowest BCUT2D eigenvalue weighted by atomic mass is 10.0. The Morgan fingerprint density at radius 2 is 1.14 bits per heavy atom. The Hall–Kier alpha value is -1.64. The van der Waals surface area contributed by atoms with Crippen LogP contribution in [0.5, 0.6) is 0 Å². The first-order valence-electron chi connectivity index (χ1n) is 7.70. The summed E-state index contributed by atoms with van der Waals surface area (Å²) < 4.78 is 0. The number of hydrogen-bond donors (Lipinski definition) is 1. The van der Waals surface area contributed by atoms with Crippen LogP contribution in [0.15, 0.2) is 60.7 Å². The van der Waals surface area contributed by atoms with Crippen LogP contribution >= 0.6 is 0 Å². The van der Waals surface area contributed by atoms with Crippen LogP contribution in [-0.2, 0) is 0 Å². The van der Waals surface area contributed by atoms with Gasteiger partial charge in [-0.3, -0.25) is 4.90 Å². The second kappa shape index (κ2) is 7.39. The molecule has 0 aromatic heterocycles. The van der Waals surface area contributed by atoms with Gasteiger partial charge in [-0.25, -0.2) is 0 Å². The molecule has 0 radical (unpaired) electrons. The van der Waals surface area contributed by atoms with Crippen molar-refractivity contribution < 1.29 is 0 Å². The molecule has 0 aliphatic rings. The Morgan fingerprint density at radius 3 is 1.48 bits per heavy atom. The van der Waals surface area contributed by atoms with Gasteiger partial charge in [0.1, 0.15) is 0 Å². The number of rotatable bonds is 6. The van der Waals surface area contributed by atoms with Gasteiger partial charge in [0.25, 0.3) is 0 Å². The van der Waals surface area contributed by atoms with Crippen molar-refractivity contribution in [3.8, 4) is 0 Å². The minimum Gasteiger partial charge on any atom is -0.327 e. The Bertz CT molecular complexity index is 476. The summed E-state index contributed by atoms with van der Waals surface area (Å²) in [5.41, 5.74) is 8.75. The molecule has 0 aliphatic carbocycles. The highest BCUT2D eigenvalue weighted by Crippen LogP contribution is 2.30. The molecule has 0 heterocycles. The van der Waals surface area contributed by atoms with Gasteiger partial charge in [0.2, 0.25) is 0 Å². The van der Waals surface area contributed by atoms with Crippen LogP contribution in [0.2, 0.25) is 0 Å². The van der Waals surface area contributed by atoms with Crippen molar-refractivity contribution in [2.75, 3.05) is 6.54 Å². The van der Waals surface area contributed by atoms with Crippen molar-refractivity contribution in [3.63, 3.8) is 0 Å². The summed E-state index contributed by atoms with van der Waals surface area (Å²) in [5.74, 6) is 0. The molecule has 21 heavy (non-hydrogen) atoms. The second-order valence-corrected chi connectivity index (χ2v) is 5.85. The number of nitrogens with zero attached hydrogens (tertiary/aromatic N) is 1. The van der Waals surface area contributed by atoms with Crippen LogP contribution in [0.1, 0.15) is 44.0 Å². The smallest absolute Gasteiger partial charge is 0.0326 e. The van der Waals surface area contributed by atoms with Crippen molar-refractivity contribution >= 4 is 0 Å². The highest BCUT2D eigenvalue weighted by molar-refractivity contribution is 5.22. The topological polar surface area (TPSA) is 29.3 Å². The van der Waals surface area contributed by atoms with E-state index in [4.69, 9.17) is 5.73 Å². The highest BCUT2D eigenvalue weighted by atomic mass is 15.2. The molecule has 2 N–H and O–H groups in total. The Labute approximate surface area is 128 Å². The molecule has 0 amide bonds. The third-order valence-corrected chi connectivity index (χ3v) is 4.06. The molecular formula is C19H26N2. The molecule has 2 aromatic carbocycles. The lowest BCUT2D eigenvalue weighted by Crippen LogP contribution is -2.39. The SMILES string of the molecule is CC(N)CN(C(C)c1ccccc1)C(C)c1ccccc1. The monoisotopic (exact) mass is 282 g/mol. The first-order valence-corrected chi connectivity index (χ1v) is 7.70. The zero-order valence-corrected chi connectivity index (χ0v) is 13.2. The second-order valence-electron chi connectivity index (χ2n) is 5.85. The molecular weight excluding hydrogens is 256 g/mol. The van der Waals surface area contributed by atoms with Crippen molar-refractivity contribution in [2.24, 2.45) is 5.73 Å². The molecule has 0 saturated carbocycles. The normalized spacial score (nSPS) is 15.7. The van der Waals surface area contributed by atoms with Gasteiger partial charge in [-0.1, -0.05) is 60.7 Å². The summed E-state index contributed by atoms with van der Waals surface area (Å²) >= 11 is 0. The molecule has 3 unspecified atom stereocenters. The lowest BCUT2D eigenvalue weighted by molar-refractivity contribution is 0.146. The zero-order valence-electron chi connectivity index (χ0n) is 13.2. The van der Waals surface area contributed by atoms with E-state index in [0.29, 0.717) is 12.1 Å². The van der Waals surface area contributed by atoms with Gasteiger partial charge in [-0.15, -0.1) is 0 Å². The standard InChI is InChI=1S/C19H26N2/c1-15(20)14-21(16(2)18-10-6-4-7-11-18)17(3)19-12-8-5-9-13-19/h4-13,15-17H,14,20H2,1-3H3. The Balaban J connectivity index is 2.26. The number of benzene rings is 2. The molecule has 2 nitrogen and oxygen atoms in total. The van der Waals surface area contributed by atoms with E-state index in [-0.39, 0.29) is 6.04 Å². The Kier molecular flexibility index (Phi) is 5.54. The molecule has 0 fully saturated rings. The highest BCUT2D eigenvalue weighted by Gasteiger charge is 2.23. The third-order valence-electron chi connectivity index (χ3n) is 4.06. The van der Waals surface area contributed by atoms with Crippen LogP contribution in [0.3, 0.4) is 0 Å². The minimum absolute atomic E-state index is 0.155. The van der Waals surface area contributed by atoms with Crippen LogP contribution in [-0.4, -0.2) is 17.5 Å². The molecule has 0 aliphatic heterocycles. The average molecular weight is 282 g/mol. The van der Waals surface area contributed by atoms with E-state index < -0.39 is 0 Å². The summed E-state index contributed by atoms with van der Waals surface area (Å²) in [6.07, 6.45) is 0. The van der Waals surface area contributed by atoms with Gasteiger partial charge in [0, 0.05) is 24.7 Å². The summed E-state index contributed by atoms with van der Waals surface area (Å²) in [6.45, 7) is 7.48. The third kappa shape index (κ3) is 4.16. The maximum absolute atomic E-state index is 6.08. The summed E-state index contributed by atoms with van der Waals surface area (Å²) in [6, 6.07) is 22.1. The molecule has 0 bridgehead atoms. The van der Waals surface area contributed by atoms with E-state index in [1.807, 2.05) is 0 Å². The van der Waals surface area contributed by atoms with Crippen LogP contribution in [0.25, 0.3) is 0 Å². The van der Waals surface area contributed by atoms with Crippen molar-refractivity contribution in [1.29, 1.82) is 0 Å². The lowest BCUT2D eigenvalue weighted by Gasteiger charge is -2.36. The summed E-state index contributed by atoms with van der Waals surface area (Å²) in [5, 5.41) is 0. The van der Waals surface area contributed by atoms with Crippen molar-refractivity contribution in [2.45, 2.75) is 38.9 Å². The molecule has 2 heteroatoms. The molecule has 3 atom stereocenters. The van der Waals surface area contributed by atoms with E-state index in [9.17, 15) is 0 Å². The summed E-state index contributed by atoms with van der Waals surface area (Å²) in [7, 11) is 0. The fourth-order valence-electron chi connectivity index (χ4n) is 2.83. The molecule has 2 rings (SSSR count). The first kappa shape index (κ1) is 15.7. The largest absolute Gasteiger partial charge is 0.327 e. The quantitative estimate of drug-likeness (QED) is 0.862. The van der Waals surface area contributed by atoms with Crippen LogP contribution in [0, 0.1) is 0 Å². The van der Waals surface area contributed by atoms with Crippen LogP contribution in [0.4, 0.5) is 0 Å². The van der Waals surface area contributed by atoms with Gasteiger partial charge in [-0.05, 0) is 31.9 Å². The maximum Gasteiger partial charge on any atom is 0.0326 e. The van der Waals surface area contributed by atoms with E-state index in [1.165, 1.54) is 11.1 Å². The van der Waals surface area contributed by atoms with Crippen LogP contribution < -0.4 is 5.73 Å². The van der Waals surface area contributed by atoms with Crippen molar-refractivity contribution in [3.05, 3.63) is 71.8 Å². The predicted octanol–water partition coefficient (Wildman–Crippen LogP) is 4.16. The maximum atomic E-state index is 6.08. The predicted molar refractivity (Wildman–Crippen MR) is 90.1 cm³/mol. The molecule has 2 aromatic rings. The number of nitrogens with two attached hydrogens (primary N) is 1. The minimum atomic E-state index is 0.155. The Morgan fingerprint density at radius 1 is 0.762 bits per heavy atom. The van der Waals surface area contributed by atoms with Gasteiger partial charge >= 0.3 is 0 Å². The van der Waals surface area contributed by atoms with Gasteiger partial charge in [0.05, 0.1) is 0 Å². The first-order chi connectivity index (χ1) is 10.1. The number of hydrogen-bond acceptors (Lipinski definition) is 2. The molecule has 0 spiro atoms. The van der Waals surface area contributed by atoms with E-state index in [2.05, 4.69) is 86.3 Å².